The standard InChI is InChI=1S/C11H15NO2/c1-11(14,7-13)10-6-8-4-2-3-5-9(8)12-10/h2-5,10,12-14H,6-7H2,1H3. The molecule has 0 radical (unpaired) electrons. The average molecular weight is 193 g/mol. The molecule has 76 valence electrons. The van der Waals surface area contributed by atoms with E-state index in [0.717, 1.165) is 12.1 Å². The van der Waals surface area contributed by atoms with Gasteiger partial charge in [0.25, 0.3) is 0 Å². The molecule has 0 bridgehead atoms. The second kappa shape index (κ2) is 3.26. The monoisotopic (exact) mass is 193 g/mol. The lowest BCUT2D eigenvalue weighted by molar-refractivity contribution is -0.0121. The summed E-state index contributed by atoms with van der Waals surface area (Å²) in [6, 6.07) is 7.88. The third-order valence-electron chi connectivity index (χ3n) is 2.84. The Bertz CT molecular complexity index is 311. The molecule has 1 heterocycles. The lowest BCUT2D eigenvalue weighted by Crippen LogP contribution is -2.46. The minimum Gasteiger partial charge on any atom is -0.393 e. The Labute approximate surface area is 83.4 Å². The van der Waals surface area contributed by atoms with Crippen molar-refractivity contribution in [1.29, 1.82) is 0 Å². The first-order chi connectivity index (χ1) is 6.63. The van der Waals surface area contributed by atoms with Gasteiger partial charge in [0.05, 0.1) is 12.6 Å². The predicted molar refractivity (Wildman–Crippen MR) is 55.3 cm³/mol. The van der Waals surface area contributed by atoms with E-state index in [9.17, 15) is 5.11 Å². The molecule has 1 aromatic rings. The van der Waals surface area contributed by atoms with E-state index in [1.54, 1.807) is 6.92 Å². The van der Waals surface area contributed by atoms with Crippen LogP contribution in [0.25, 0.3) is 0 Å². The van der Waals surface area contributed by atoms with E-state index in [0.29, 0.717) is 0 Å². The normalized spacial score (nSPS) is 23.8. The van der Waals surface area contributed by atoms with Crippen LogP contribution in [0.4, 0.5) is 5.69 Å². The van der Waals surface area contributed by atoms with Gasteiger partial charge in [-0.25, -0.2) is 0 Å². The number of hydrogen-bond donors (Lipinski definition) is 3. The van der Waals surface area contributed by atoms with Gasteiger partial charge in [0, 0.05) is 5.69 Å². The van der Waals surface area contributed by atoms with Crippen LogP contribution in [-0.4, -0.2) is 28.5 Å². The summed E-state index contributed by atoms with van der Waals surface area (Å²) in [5.74, 6) is 0. The number of aliphatic hydroxyl groups excluding tert-OH is 1. The smallest absolute Gasteiger partial charge is 0.105 e. The van der Waals surface area contributed by atoms with E-state index < -0.39 is 5.60 Å². The Balaban J connectivity index is 2.19. The van der Waals surface area contributed by atoms with E-state index in [4.69, 9.17) is 5.11 Å². The SMILES string of the molecule is CC(O)(CO)C1Cc2ccccc2N1. The van der Waals surface area contributed by atoms with Crippen molar-refractivity contribution in [3.05, 3.63) is 29.8 Å². The Kier molecular flexibility index (Phi) is 2.21. The zero-order valence-electron chi connectivity index (χ0n) is 8.20. The van der Waals surface area contributed by atoms with E-state index >= 15 is 0 Å². The summed E-state index contributed by atoms with van der Waals surface area (Å²) in [6.45, 7) is 1.43. The van der Waals surface area contributed by atoms with Crippen molar-refractivity contribution in [2.45, 2.75) is 25.0 Å². The van der Waals surface area contributed by atoms with Crippen LogP contribution in [0, 0.1) is 0 Å². The van der Waals surface area contributed by atoms with Crippen molar-refractivity contribution < 1.29 is 10.2 Å². The van der Waals surface area contributed by atoms with Crippen LogP contribution in [0.5, 0.6) is 0 Å². The molecular formula is C11H15NO2. The fraction of sp³-hybridized carbons (Fsp3) is 0.455. The average Bonchev–Trinajstić information content (AvgIpc) is 2.61. The van der Waals surface area contributed by atoms with Crippen molar-refractivity contribution in [3.8, 4) is 0 Å². The number of para-hydroxylation sites is 1. The highest BCUT2D eigenvalue weighted by atomic mass is 16.3. The number of hydrogen-bond acceptors (Lipinski definition) is 3. The highest BCUT2D eigenvalue weighted by Crippen LogP contribution is 2.29. The largest absolute Gasteiger partial charge is 0.393 e. The van der Waals surface area contributed by atoms with Crippen LogP contribution >= 0.6 is 0 Å². The molecule has 14 heavy (non-hydrogen) atoms. The van der Waals surface area contributed by atoms with Crippen LogP contribution in [0.2, 0.25) is 0 Å². The van der Waals surface area contributed by atoms with E-state index in [-0.39, 0.29) is 12.6 Å². The van der Waals surface area contributed by atoms with Gasteiger partial charge in [0.2, 0.25) is 0 Å². The van der Waals surface area contributed by atoms with Gasteiger partial charge in [-0.1, -0.05) is 18.2 Å². The number of rotatable bonds is 2. The van der Waals surface area contributed by atoms with Crippen molar-refractivity contribution >= 4 is 5.69 Å². The van der Waals surface area contributed by atoms with Gasteiger partial charge in [-0.05, 0) is 25.0 Å². The van der Waals surface area contributed by atoms with Crippen LogP contribution < -0.4 is 5.32 Å². The Morgan fingerprint density at radius 1 is 1.50 bits per heavy atom. The first-order valence-electron chi connectivity index (χ1n) is 4.81. The lowest BCUT2D eigenvalue weighted by Gasteiger charge is -2.28. The summed E-state index contributed by atoms with van der Waals surface area (Å²) < 4.78 is 0. The second-order valence-corrected chi connectivity index (χ2v) is 4.07. The van der Waals surface area contributed by atoms with Gasteiger partial charge >= 0.3 is 0 Å². The summed E-state index contributed by atoms with van der Waals surface area (Å²) in [4.78, 5) is 0. The van der Waals surface area contributed by atoms with Gasteiger partial charge in [-0.3, -0.25) is 0 Å². The summed E-state index contributed by atoms with van der Waals surface area (Å²) in [5.41, 5.74) is 1.21. The third-order valence-corrected chi connectivity index (χ3v) is 2.84. The maximum atomic E-state index is 9.88. The third kappa shape index (κ3) is 1.49. The molecular weight excluding hydrogens is 178 g/mol. The van der Waals surface area contributed by atoms with Crippen LogP contribution in [0.3, 0.4) is 0 Å². The molecule has 1 aliphatic rings. The zero-order valence-corrected chi connectivity index (χ0v) is 8.20. The highest BCUT2D eigenvalue weighted by molar-refractivity contribution is 5.57. The molecule has 0 aromatic heterocycles. The van der Waals surface area contributed by atoms with Crippen LogP contribution in [0.1, 0.15) is 12.5 Å². The topological polar surface area (TPSA) is 52.5 Å². The first-order valence-corrected chi connectivity index (χ1v) is 4.81. The molecule has 0 saturated carbocycles. The molecule has 2 atom stereocenters. The molecule has 0 saturated heterocycles. The Morgan fingerprint density at radius 3 is 2.86 bits per heavy atom. The number of fused-ring (bicyclic) bond motifs is 1. The van der Waals surface area contributed by atoms with Crippen molar-refractivity contribution in [3.63, 3.8) is 0 Å². The predicted octanol–water partition coefficient (Wildman–Crippen LogP) is 0.766. The maximum absolute atomic E-state index is 9.88. The van der Waals surface area contributed by atoms with Gasteiger partial charge in [0.1, 0.15) is 5.60 Å². The minimum atomic E-state index is -1.06. The molecule has 1 aromatic carbocycles. The van der Waals surface area contributed by atoms with Crippen molar-refractivity contribution in [2.75, 3.05) is 11.9 Å². The lowest BCUT2D eigenvalue weighted by atomic mass is 9.95. The fourth-order valence-electron chi connectivity index (χ4n) is 1.78. The summed E-state index contributed by atoms with van der Waals surface area (Å²) in [7, 11) is 0. The Morgan fingerprint density at radius 2 is 2.21 bits per heavy atom. The van der Waals surface area contributed by atoms with E-state index in [2.05, 4.69) is 5.32 Å². The molecule has 1 aliphatic heterocycles. The quantitative estimate of drug-likeness (QED) is 0.650. The molecule has 3 N–H and O–H groups in total. The number of benzene rings is 1. The van der Waals surface area contributed by atoms with Gasteiger partial charge < -0.3 is 15.5 Å². The molecule has 0 spiro atoms. The number of nitrogens with one attached hydrogen (secondary N) is 1. The number of aliphatic hydroxyl groups is 2. The Hall–Kier alpha value is -1.06. The summed E-state index contributed by atoms with van der Waals surface area (Å²) in [6.07, 6.45) is 0.768. The molecule has 0 amide bonds. The van der Waals surface area contributed by atoms with Crippen molar-refractivity contribution in [2.24, 2.45) is 0 Å². The second-order valence-electron chi connectivity index (χ2n) is 4.07. The minimum absolute atomic E-state index is 0.0927. The molecule has 0 aliphatic carbocycles. The highest BCUT2D eigenvalue weighted by Gasteiger charge is 2.35. The van der Waals surface area contributed by atoms with Crippen LogP contribution in [-0.2, 0) is 6.42 Å². The summed E-state index contributed by atoms with van der Waals surface area (Å²) >= 11 is 0. The maximum Gasteiger partial charge on any atom is 0.105 e. The van der Waals surface area contributed by atoms with E-state index in [1.165, 1.54) is 5.56 Å². The van der Waals surface area contributed by atoms with Gasteiger partial charge in [-0.15, -0.1) is 0 Å². The molecule has 2 unspecified atom stereocenters. The van der Waals surface area contributed by atoms with Gasteiger partial charge in [0.15, 0.2) is 0 Å². The number of anilines is 1. The van der Waals surface area contributed by atoms with Gasteiger partial charge in [-0.2, -0.15) is 0 Å². The van der Waals surface area contributed by atoms with E-state index in [1.807, 2.05) is 24.3 Å². The van der Waals surface area contributed by atoms with Crippen molar-refractivity contribution in [1.82, 2.24) is 0 Å². The molecule has 3 heteroatoms. The fourth-order valence-corrected chi connectivity index (χ4v) is 1.78. The molecule has 0 fully saturated rings. The summed E-state index contributed by atoms with van der Waals surface area (Å²) in [5, 5.41) is 22.1. The zero-order chi connectivity index (χ0) is 10.2. The first kappa shape index (κ1) is 9.49. The molecule has 2 rings (SSSR count). The molecule has 3 nitrogen and oxygen atoms in total. The van der Waals surface area contributed by atoms with Crippen LogP contribution in [0.15, 0.2) is 24.3 Å².